The Hall–Kier alpha value is -1.19. The van der Waals surface area contributed by atoms with Gasteiger partial charge in [-0.3, -0.25) is 0 Å². The molecule has 2 aliphatic heterocycles. The minimum Gasteiger partial charge on any atom is -0.379 e. The molecule has 0 aromatic carbocycles. The van der Waals surface area contributed by atoms with Gasteiger partial charge >= 0.3 is 0 Å². The van der Waals surface area contributed by atoms with Gasteiger partial charge in [0.1, 0.15) is 5.65 Å². The number of rotatable bonds is 6. The molecule has 7 nitrogen and oxygen atoms in total. The van der Waals surface area contributed by atoms with Crippen LogP contribution in [0, 0.1) is 0 Å². The van der Waals surface area contributed by atoms with Gasteiger partial charge in [-0.2, -0.15) is 4.31 Å². The van der Waals surface area contributed by atoms with Crippen molar-refractivity contribution in [2.24, 2.45) is 0 Å². The van der Waals surface area contributed by atoms with E-state index in [2.05, 4.69) is 14.9 Å². The second kappa shape index (κ2) is 6.85. The van der Waals surface area contributed by atoms with E-state index in [1.807, 2.05) is 12.1 Å². The summed E-state index contributed by atoms with van der Waals surface area (Å²) in [7, 11) is -3.33. The first-order chi connectivity index (χ1) is 12.0. The Morgan fingerprint density at radius 1 is 1.36 bits per heavy atom. The number of fused-ring (bicyclic) bond motifs is 3. The Kier molecular flexibility index (Phi) is 4.72. The van der Waals surface area contributed by atoms with Crippen LogP contribution >= 0.6 is 11.6 Å². The van der Waals surface area contributed by atoms with Gasteiger partial charge in [0.05, 0.1) is 30.5 Å². The van der Waals surface area contributed by atoms with E-state index >= 15 is 0 Å². The summed E-state index contributed by atoms with van der Waals surface area (Å²) in [6.45, 7) is 3.25. The van der Waals surface area contributed by atoms with Crippen LogP contribution in [0.25, 0.3) is 11.0 Å². The number of hydrogen-bond donors (Lipinski definition) is 1. The molecule has 0 amide bonds. The van der Waals surface area contributed by atoms with Gasteiger partial charge in [0.25, 0.3) is 0 Å². The Morgan fingerprint density at radius 3 is 2.96 bits per heavy atom. The monoisotopic (exact) mass is 384 g/mol. The quantitative estimate of drug-likeness (QED) is 0.758. The number of nitrogens with one attached hydrogen (secondary N) is 1. The molecule has 0 saturated carbocycles. The zero-order valence-electron chi connectivity index (χ0n) is 13.8. The van der Waals surface area contributed by atoms with Crippen molar-refractivity contribution in [3.8, 4) is 0 Å². The second-order valence-electron chi connectivity index (χ2n) is 6.52. The van der Waals surface area contributed by atoms with E-state index in [9.17, 15) is 8.42 Å². The third-order valence-electron chi connectivity index (χ3n) is 4.82. The van der Waals surface area contributed by atoms with E-state index in [4.69, 9.17) is 16.3 Å². The smallest absolute Gasteiger partial charge is 0.216 e. The molecule has 2 aromatic rings. The van der Waals surface area contributed by atoms with Crippen LogP contribution < -0.4 is 5.32 Å². The first-order valence-electron chi connectivity index (χ1n) is 8.45. The fraction of sp³-hybridized carbons (Fsp3) is 0.562. The summed E-state index contributed by atoms with van der Waals surface area (Å²) in [5.41, 5.74) is 1.80. The van der Waals surface area contributed by atoms with Crippen molar-refractivity contribution >= 4 is 32.7 Å². The van der Waals surface area contributed by atoms with Crippen molar-refractivity contribution in [1.29, 1.82) is 0 Å². The Morgan fingerprint density at radius 2 is 2.20 bits per heavy atom. The zero-order chi connectivity index (χ0) is 17.4. The molecular formula is C16H21ClN4O3S. The van der Waals surface area contributed by atoms with Gasteiger partial charge in [-0.05, 0) is 25.1 Å². The molecule has 2 aliphatic rings. The van der Waals surface area contributed by atoms with Gasteiger partial charge in [-0.1, -0.05) is 11.6 Å². The van der Waals surface area contributed by atoms with E-state index in [0.717, 1.165) is 29.7 Å². The van der Waals surface area contributed by atoms with Crippen LogP contribution in [0.15, 0.2) is 18.3 Å². The predicted octanol–water partition coefficient (Wildman–Crippen LogP) is 1.21. The fourth-order valence-electron chi connectivity index (χ4n) is 3.27. The summed E-state index contributed by atoms with van der Waals surface area (Å²) in [5, 5.41) is 4.76. The molecule has 4 rings (SSSR count). The number of nitrogens with zero attached hydrogens (tertiary/aromatic N) is 3. The van der Waals surface area contributed by atoms with Crippen LogP contribution in [0.3, 0.4) is 0 Å². The molecule has 9 heteroatoms. The zero-order valence-corrected chi connectivity index (χ0v) is 15.4. The Labute approximate surface area is 152 Å². The van der Waals surface area contributed by atoms with Crippen LogP contribution in [0.2, 0.25) is 5.02 Å². The lowest BCUT2D eigenvalue weighted by Crippen LogP contribution is -2.46. The Bertz CT molecular complexity index is 879. The molecule has 1 fully saturated rings. The highest BCUT2D eigenvalue weighted by Gasteiger charge is 2.28. The lowest BCUT2D eigenvalue weighted by Gasteiger charge is -2.29. The molecule has 1 unspecified atom stereocenters. The lowest BCUT2D eigenvalue weighted by atomic mass is 10.1. The Balaban J connectivity index is 1.41. The topological polar surface area (TPSA) is 76.5 Å². The van der Waals surface area contributed by atoms with Crippen LogP contribution in [0.1, 0.15) is 12.1 Å². The molecule has 2 aromatic heterocycles. The summed E-state index contributed by atoms with van der Waals surface area (Å²) >= 11 is 5.99. The number of sulfonamides is 1. The molecular weight excluding hydrogens is 364 g/mol. The van der Waals surface area contributed by atoms with E-state index < -0.39 is 10.0 Å². The van der Waals surface area contributed by atoms with Gasteiger partial charge in [0.15, 0.2) is 0 Å². The molecule has 1 N–H and O–H groups in total. The summed E-state index contributed by atoms with van der Waals surface area (Å²) in [6, 6.07) is 4.21. The summed E-state index contributed by atoms with van der Waals surface area (Å²) < 4.78 is 34.3. The van der Waals surface area contributed by atoms with Crippen LogP contribution in [-0.4, -0.2) is 60.4 Å². The molecule has 1 saturated heterocycles. The molecule has 4 heterocycles. The van der Waals surface area contributed by atoms with Crippen molar-refractivity contribution in [3.05, 3.63) is 29.0 Å². The van der Waals surface area contributed by atoms with Gasteiger partial charge in [-0.25, -0.2) is 13.4 Å². The maximum Gasteiger partial charge on any atom is 0.216 e. The van der Waals surface area contributed by atoms with Crippen molar-refractivity contribution in [2.75, 3.05) is 32.1 Å². The van der Waals surface area contributed by atoms with Crippen molar-refractivity contribution in [3.63, 3.8) is 0 Å². The van der Waals surface area contributed by atoms with Crippen LogP contribution in [0.5, 0.6) is 0 Å². The van der Waals surface area contributed by atoms with E-state index in [1.54, 1.807) is 6.20 Å². The minimum absolute atomic E-state index is 0.0179. The fourth-order valence-corrected chi connectivity index (χ4v) is 4.71. The molecule has 136 valence electrons. The predicted molar refractivity (Wildman–Crippen MR) is 96.2 cm³/mol. The summed E-state index contributed by atoms with van der Waals surface area (Å²) in [4.78, 5) is 4.37. The SMILES string of the molecule is O=S(=O)(CCOCC1CCN1)N1CCn2c(cc3cc(Cl)cnc32)C1. The molecule has 1 atom stereocenters. The van der Waals surface area contributed by atoms with Gasteiger partial charge < -0.3 is 14.6 Å². The lowest BCUT2D eigenvalue weighted by molar-refractivity contribution is 0.102. The van der Waals surface area contributed by atoms with Gasteiger partial charge in [-0.15, -0.1) is 0 Å². The highest BCUT2D eigenvalue weighted by Crippen LogP contribution is 2.26. The number of hydrogen-bond acceptors (Lipinski definition) is 5. The maximum atomic E-state index is 12.6. The number of aromatic nitrogens is 2. The second-order valence-corrected chi connectivity index (χ2v) is 9.04. The first kappa shape index (κ1) is 17.2. The highest BCUT2D eigenvalue weighted by molar-refractivity contribution is 7.89. The largest absolute Gasteiger partial charge is 0.379 e. The van der Waals surface area contributed by atoms with Gasteiger partial charge in [0.2, 0.25) is 10.0 Å². The molecule has 0 radical (unpaired) electrons. The highest BCUT2D eigenvalue weighted by atomic mass is 35.5. The maximum absolute atomic E-state index is 12.6. The number of halogens is 1. The summed E-state index contributed by atoms with van der Waals surface area (Å²) in [6.07, 6.45) is 2.72. The van der Waals surface area contributed by atoms with Crippen molar-refractivity contribution in [2.45, 2.75) is 25.6 Å². The first-order valence-corrected chi connectivity index (χ1v) is 10.4. The van der Waals surface area contributed by atoms with Crippen molar-refractivity contribution in [1.82, 2.24) is 19.2 Å². The average molecular weight is 385 g/mol. The third kappa shape index (κ3) is 3.54. The molecule has 0 aliphatic carbocycles. The minimum atomic E-state index is -3.33. The molecule has 0 bridgehead atoms. The van der Waals surface area contributed by atoms with Crippen LogP contribution in [0.4, 0.5) is 0 Å². The van der Waals surface area contributed by atoms with E-state index in [1.165, 1.54) is 4.31 Å². The number of pyridine rings is 1. The molecule has 25 heavy (non-hydrogen) atoms. The summed E-state index contributed by atoms with van der Waals surface area (Å²) in [5.74, 6) is 0.0179. The van der Waals surface area contributed by atoms with E-state index in [0.29, 0.717) is 37.3 Å². The normalized spacial score (nSPS) is 21.2. The van der Waals surface area contributed by atoms with E-state index in [-0.39, 0.29) is 12.4 Å². The average Bonchev–Trinajstić information content (AvgIpc) is 2.89. The standard InChI is InChI=1S/C16H21ClN4O3S/c17-13-7-12-8-15-10-20(3-4-21(15)16(12)19-9-13)25(22,23)6-5-24-11-14-1-2-18-14/h7-9,14,18H,1-6,10-11H2. The van der Waals surface area contributed by atoms with Gasteiger partial charge in [0, 0.05) is 36.4 Å². The van der Waals surface area contributed by atoms with Crippen molar-refractivity contribution < 1.29 is 13.2 Å². The third-order valence-corrected chi connectivity index (χ3v) is 6.81. The molecule has 0 spiro atoms. The number of ether oxygens (including phenoxy) is 1. The van der Waals surface area contributed by atoms with Crippen LogP contribution in [-0.2, 0) is 27.8 Å².